The molecule has 0 radical (unpaired) electrons. The third-order valence-electron chi connectivity index (χ3n) is 4.30. The summed E-state index contributed by atoms with van der Waals surface area (Å²) in [5, 5.41) is 2.10. The fourth-order valence-electron chi connectivity index (χ4n) is 2.88. The van der Waals surface area contributed by atoms with Gasteiger partial charge < -0.3 is 5.32 Å². The summed E-state index contributed by atoms with van der Waals surface area (Å²) in [7, 11) is -3.65. The van der Waals surface area contributed by atoms with Crippen LogP contribution in [-0.2, 0) is 27.8 Å². The first-order valence-electron chi connectivity index (χ1n) is 8.15. The molecule has 1 aliphatic rings. The lowest BCUT2D eigenvalue weighted by molar-refractivity contribution is -0.115. The van der Waals surface area contributed by atoms with Crippen LogP contribution in [0.4, 0.5) is 14.5 Å². The van der Waals surface area contributed by atoms with Crippen molar-refractivity contribution >= 4 is 21.6 Å². The summed E-state index contributed by atoms with van der Waals surface area (Å²) in [6, 6.07) is 10.8. The summed E-state index contributed by atoms with van der Waals surface area (Å²) >= 11 is 0. The molecule has 0 spiro atoms. The maximum Gasteiger partial charge on any atom is 0.225 e. The minimum atomic E-state index is -3.65. The van der Waals surface area contributed by atoms with E-state index in [0.29, 0.717) is 13.0 Å². The van der Waals surface area contributed by atoms with Gasteiger partial charge in [0.15, 0.2) is 0 Å². The smallest absolute Gasteiger partial charge is 0.225 e. The Kier molecular flexibility index (Phi) is 5.33. The molecule has 26 heavy (non-hydrogen) atoms. The number of hydrogen-bond acceptors (Lipinski definition) is 3. The molecule has 0 atom stereocenters. The van der Waals surface area contributed by atoms with Gasteiger partial charge >= 0.3 is 0 Å². The zero-order chi connectivity index (χ0) is 18.7. The molecule has 2 aromatic carbocycles. The highest BCUT2D eigenvalue weighted by Crippen LogP contribution is 2.22. The van der Waals surface area contributed by atoms with Crippen LogP contribution in [0.25, 0.3) is 0 Å². The first-order chi connectivity index (χ1) is 12.4. The highest BCUT2D eigenvalue weighted by Gasteiger charge is 2.27. The van der Waals surface area contributed by atoms with Crippen molar-refractivity contribution in [3.05, 3.63) is 65.2 Å². The summed E-state index contributed by atoms with van der Waals surface area (Å²) in [5.41, 5.74) is 1.49. The second kappa shape index (κ2) is 7.51. The van der Waals surface area contributed by atoms with Crippen LogP contribution in [0.15, 0.2) is 42.5 Å². The molecule has 1 N–H and O–H groups in total. The van der Waals surface area contributed by atoms with E-state index in [1.54, 1.807) is 0 Å². The number of nitrogens with one attached hydrogen (secondary N) is 1. The van der Waals surface area contributed by atoms with Gasteiger partial charge in [-0.3, -0.25) is 4.79 Å². The summed E-state index contributed by atoms with van der Waals surface area (Å²) in [6.45, 7) is 0.616. The van der Waals surface area contributed by atoms with Crippen molar-refractivity contribution in [2.75, 3.05) is 17.6 Å². The molecule has 1 amide bonds. The standard InChI is InChI=1S/C18H18F2N2O3S/c19-15-6-3-7-16(20)18(15)21-17(23)9-11-26(24,25)22-10-8-13-4-1-2-5-14(13)12-22/h1-7H,8-12H2,(H,21,23). The first-order valence-corrected chi connectivity index (χ1v) is 9.76. The molecule has 0 unspecified atom stereocenters. The van der Waals surface area contributed by atoms with E-state index >= 15 is 0 Å². The van der Waals surface area contributed by atoms with Gasteiger partial charge in [-0.1, -0.05) is 30.3 Å². The number of anilines is 1. The summed E-state index contributed by atoms with van der Waals surface area (Å²) < 4.78 is 53.4. The Morgan fingerprint density at radius 1 is 1.04 bits per heavy atom. The maximum atomic E-state index is 13.5. The van der Waals surface area contributed by atoms with Gasteiger partial charge in [0, 0.05) is 19.5 Å². The summed E-state index contributed by atoms with van der Waals surface area (Å²) in [6.07, 6.45) is 0.232. The topological polar surface area (TPSA) is 66.5 Å². The number of para-hydroxylation sites is 1. The molecule has 1 heterocycles. The number of hydrogen-bond donors (Lipinski definition) is 1. The highest BCUT2D eigenvalue weighted by molar-refractivity contribution is 7.89. The van der Waals surface area contributed by atoms with Gasteiger partial charge in [-0.15, -0.1) is 0 Å². The van der Waals surface area contributed by atoms with Gasteiger partial charge in [0.2, 0.25) is 15.9 Å². The minimum absolute atomic E-state index is 0.266. The zero-order valence-electron chi connectivity index (χ0n) is 13.9. The molecule has 5 nitrogen and oxygen atoms in total. The number of fused-ring (bicyclic) bond motifs is 1. The van der Waals surface area contributed by atoms with Gasteiger partial charge in [-0.2, -0.15) is 4.31 Å². The average Bonchev–Trinajstić information content (AvgIpc) is 2.63. The molecule has 0 aliphatic carbocycles. The molecule has 0 bridgehead atoms. The quantitative estimate of drug-likeness (QED) is 0.867. The number of sulfonamides is 1. The van der Waals surface area contributed by atoms with Gasteiger partial charge in [0.05, 0.1) is 5.75 Å². The number of amides is 1. The predicted octanol–water partition coefficient (Wildman–Crippen LogP) is 2.68. The SMILES string of the molecule is O=C(CCS(=O)(=O)N1CCc2ccccc2C1)Nc1c(F)cccc1F. The van der Waals surface area contributed by atoms with Crippen molar-refractivity contribution < 1.29 is 22.0 Å². The Morgan fingerprint density at radius 2 is 1.69 bits per heavy atom. The third-order valence-corrected chi connectivity index (χ3v) is 6.12. The third kappa shape index (κ3) is 4.08. The van der Waals surface area contributed by atoms with Crippen LogP contribution in [-0.4, -0.2) is 30.9 Å². The van der Waals surface area contributed by atoms with Gasteiger partial charge in [-0.25, -0.2) is 17.2 Å². The zero-order valence-corrected chi connectivity index (χ0v) is 14.7. The van der Waals surface area contributed by atoms with Crippen LogP contribution in [0.3, 0.4) is 0 Å². The monoisotopic (exact) mass is 380 g/mol. The van der Waals surface area contributed by atoms with E-state index in [1.165, 1.54) is 10.4 Å². The van der Waals surface area contributed by atoms with Gasteiger partial charge in [0.25, 0.3) is 0 Å². The molecule has 0 saturated carbocycles. The Morgan fingerprint density at radius 3 is 2.38 bits per heavy atom. The van der Waals surface area contributed by atoms with Crippen LogP contribution in [0.2, 0.25) is 0 Å². The van der Waals surface area contributed by atoms with E-state index in [2.05, 4.69) is 5.32 Å². The van der Waals surface area contributed by atoms with Crippen LogP contribution in [0.1, 0.15) is 17.5 Å². The Balaban J connectivity index is 1.61. The lowest BCUT2D eigenvalue weighted by Crippen LogP contribution is -2.38. The van der Waals surface area contributed by atoms with E-state index in [0.717, 1.165) is 23.3 Å². The minimum Gasteiger partial charge on any atom is -0.321 e. The van der Waals surface area contributed by atoms with E-state index in [4.69, 9.17) is 0 Å². The fourth-order valence-corrected chi connectivity index (χ4v) is 4.28. The highest BCUT2D eigenvalue weighted by atomic mass is 32.2. The van der Waals surface area contributed by atoms with Crippen molar-refractivity contribution in [2.24, 2.45) is 0 Å². The van der Waals surface area contributed by atoms with Gasteiger partial charge in [-0.05, 0) is 29.7 Å². The summed E-state index contributed by atoms with van der Waals surface area (Å²) in [5.74, 6) is -2.99. The first kappa shape index (κ1) is 18.5. The second-order valence-electron chi connectivity index (χ2n) is 6.06. The molecule has 138 valence electrons. The average molecular weight is 380 g/mol. The van der Waals surface area contributed by atoms with Crippen LogP contribution in [0.5, 0.6) is 0 Å². The fraction of sp³-hybridized carbons (Fsp3) is 0.278. The van der Waals surface area contributed by atoms with Crippen molar-refractivity contribution in [1.82, 2.24) is 4.31 Å². The molecule has 0 saturated heterocycles. The number of halogens is 2. The van der Waals surface area contributed by atoms with E-state index < -0.39 is 39.0 Å². The Bertz CT molecular complexity index is 912. The molecule has 2 aromatic rings. The maximum absolute atomic E-state index is 13.5. The van der Waals surface area contributed by atoms with E-state index in [9.17, 15) is 22.0 Å². The molecule has 8 heteroatoms. The number of carbonyl (C=O) groups excluding carboxylic acids is 1. The number of benzene rings is 2. The molecule has 0 aromatic heterocycles. The number of carbonyl (C=O) groups is 1. The van der Waals surface area contributed by atoms with Gasteiger partial charge in [0.1, 0.15) is 17.3 Å². The summed E-state index contributed by atoms with van der Waals surface area (Å²) in [4.78, 5) is 11.9. The number of rotatable bonds is 5. The van der Waals surface area contributed by atoms with E-state index in [1.807, 2.05) is 24.3 Å². The molecular formula is C18H18F2N2O3S. The molecule has 0 fully saturated rings. The molecule has 3 rings (SSSR count). The lowest BCUT2D eigenvalue weighted by Gasteiger charge is -2.28. The Labute approximate surface area is 150 Å². The van der Waals surface area contributed by atoms with Crippen LogP contribution in [0, 0.1) is 11.6 Å². The number of nitrogens with zero attached hydrogens (tertiary/aromatic N) is 1. The Hall–Kier alpha value is -2.32. The second-order valence-corrected chi connectivity index (χ2v) is 8.15. The predicted molar refractivity (Wildman–Crippen MR) is 93.9 cm³/mol. The van der Waals surface area contributed by atoms with Crippen molar-refractivity contribution in [2.45, 2.75) is 19.4 Å². The van der Waals surface area contributed by atoms with Crippen LogP contribution < -0.4 is 5.32 Å². The largest absolute Gasteiger partial charge is 0.321 e. The van der Waals surface area contributed by atoms with Crippen LogP contribution >= 0.6 is 0 Å². The molecule has 1 aliphatic heterocycles. The lowest BCUT2D eigenvalue weighted by atomic mass is 10.0. The van der Waals surface area contributed by atoms with Crippen molar-refractivity contribution in [1.29, 1.82) is 0 Å². The molecular weight excluding hydrogens is 362 g/mol. The van der Waals surface area contributed by atoms with Crippen molar-refractivity contribution in [3.63, 3.8) is 0 Å². The normalized spacial score (nSPS) is 14.7. The van der Waals surface area contributed by atoms with Crippen molar-refractivity contribution in [3.8, 4) is 0 Å². The van der Waals surface area contributed by atoms with E-state index in [-0.39, 0.29) is 13.0 Å².